The maximum absolute atomic E-state index is 12.7. The van der Waals surface area contributed by atoms with Crippen LogP contribution in [-0.4, -0.2) is 34.0 Å². The number of benzene rings is 1. The lowest BCUT2D eigenvalue weighted by atomic mass is 9.92. The van der Waals surface area contributed by atoms with Crippen LogP contribution >= 0.6 is 11.6 Å². The Balaban J connectivity index is 1.37. The zero-order valence-electron chi connectivity index (χ0n) is 17.4. The second kappa shape index (κ2) is 9.00. The molecule has 0 atom stereocenters. The number of pyridine rings is 1. The number of nitrogens with zero attached hydrogens (tertiary/aromatic N) is 3. The molecule has 0 unspecified atom stereocenters. The highest BCUT2D eigenvalue weighted by Gasteiger charge is 2.26. The van der Waals surface area contributed by atoms with E-state index < -0.39 is 0 Å². The highest BCUT2D eigenvalue weighted by Crippen LogP contribution is 2.28. The molecule has 156 valence electrons. The summed E-state index contributed by atoms with van der Waals surface area (Å²) in [6, 6.07) is 14.1. The van der Waals surface area contributed by atoms with Crippen LogP contribution in [0.3, 0.4) is 0 Å². The van der Waals surface area contributed by atoms with Crippen molar-refractivity contribution < 1.29 is 9.32 Å². The van der Waals surface area contributed by atoms with Gasteiger partial charge in [0.1, 0.15) is 5.76 Å². The molecule has 1 saturated heterocycles. The number of likely N-dealkylation sites (tertiary alicyclic amines) is 1. The average Bonchev–Trinajstić information content (AvgIpc) is 3.08. The van der Waals surface area contributed by atoms with Gasteiger partial charge in [0.25, 0.3) is 0 Å². The van der Waals surface area contributed by atoms with Crippen LogP contribution in [0.2, 0.25) is 5.02 Å². The molecule has 1 aromatic carbocycles. The van der Waals surface area contributed by atoms with E-state index in [0.29, 0.717) is 12.3 Å². The average molecular weight is 424 g/mol. The van der Waals surface area contributed by atoms with Gasteiger partial charge in [0.2, 0.25) is 5.91 Å². The Morgan fingerprint density at radius 1 is 1.13 bits per heavy atom. The third-order valence-corrected chi connectivity index (χ3v) is 6.30. The molecule has 1 amide bonds. The summed E-state index contributed by atoms with van der Waals surface area (Å²) in [6.07, 6.45) is 2.94. The summed E-state index contributed by atoms with van der Waals surface area (Å²) in [5, 5.41) is 4.72. The number of carbonyl (C=O) groups excluding carboxylic acids is 1. The van der Waals surface area contributed by atoms with Crippen LogP contribution in [0, 0.1) is 13.8 Å². The number of hydrogen-bond donors (Lipinski definition) is 0. The van der Waals surface area contributed by atoms with E-state index in [-0.39, 0.29) is 5.91 Å². The standard InChI is InChI=1S/C24H26ClN3O2/c1-16-21(17(2)30-27-16)15-24(29)28-12-10-18(11-13-28)23-9-5-7-20(26-23)14-19-6-3-4-8-22(19)25/h3-9,18H,10-15H2,1-2H3. The zero-order chi connectivity index (χ0) is 21.1. The van der Waals surface area contributed by atoms with Gasteiger partial charge in [-0.15, -0.1) is 0 Å². The number of aromatic nitrogens is 2. The lowest BCUT2D eigenvalue weighted by Crippen LogP contribution is -2.39. The van der Waals surface area contributed by atoms with Gasteiger partial charge >= 0.3 is 0 Å². The second-order valence-corrected chi connectivity index (χ2v) is 8.36. The van der Waals surface area contributed by atoms with Crippen molar-refractivity contribution >= 4 is 17.5 Å². The van der Waals surface area contributed by atoms with Gasteiger partial charge in [0.05, 0.1) is 12.1 Å². The number of halogens is 1. The first-order valence-corrected chi connectivity index (χ1v) is 10.8. The molecule has 0 aliphatic carbocycles. The molecule has 0 saturated carbocycles. The minimum Gasteiger partial charge on any atom is -0.361 e. The summed E-state index contributed by atoms with van der Waals surface area (Å²) in [5.41, 5.74) is 4.93. The maximum atomic E-state index is 12.7. The highest BCUT2D eigenvalue weighted by atomic mass is 35.5. The van der Waals surface area contributed by atoms with Crippen LogP contribution in [0.25, 0.3) is 0 Å². The predicted molar refractivity (Wildman–Crippen MR) is 117 cm³/mol. The molecule has 0 spiro atoms. The van der Waals surface area contributed by atoms with Gasteiger partial charge in [0, 0.05) is 47.4 Å². The van der Waals surface area contributed by atoms with Crippen molar-refractivity contribution in [2.75, 3.05) is 13.1 Å². The van der Waals surface area contributed by atoms with Crippen LogP contribution in [0.4, 0.5) is 0 Å². The number of carbonyl (C=O) groups is 1. The van der Waals surface area contributed by atoms with Crippen LogP contribution in [0.5, 0.6) is 0 Å². The van der Waals surface area contributed by atoms with Gasteiger partial charge < -0.3 is 9.42 Å². The molecule has 30 heavy (non-hydrogen) atoms. The summed E-state index contributed by atoms with van der Waals surface area (Å²) in [5.74, 6) is 1.25. The fourth-order valence-corrected chi connectivity index (χ4v) is 4.31. The molecule has 3 heterocycles. The van der Waals surface area contributed by atoms with E-state index in [9.17, 15) is 4.79 Å². The molecule has 2 aromatic heterocycles. The van der Waals surface area contributed by atoms with Gasteiger partial charge in [-0.2, -0.15) is 0 Å². The zero-order valence-corrected chi connectivity index (χ0v) is 18.2. The predicted octanol–water partition coefficient (Wildman–Crippen LogP) is 4.88. The smallest absolute Gasteiger partial charge is 0.227 e. The van der Waals surface area contributed by atoms with E-state index in [4.69, 9.17) is 21.1 Å². The minimum atomic E-state index is 0.142. The van der Waals surface area contributed by atoms with Gasteiger partial charge in [-0.3, -0.25) is 9.78 Å². The third kappa shape index (κ3) is 4.57. The molecule has 1 aliphatic rings. The fourth-order valence-electron chi connectivity index (χ4n) is 4.10. The van der Waals surface area contributed by atoms with Crippen molar-refractivity contribution in [1.29, 1.82) is 0 Å². The van der Waals surface area contributed by atoms with Crippen molar-refractivity contribution in [2.24, 2.45) is 0 Å². The van der Waals surface area contributed by atoms with E-state index >= 15 is 0 Å². The van der Waals surface area contributed by atoms with Crippen LogP contribution in [-0.2, 0) is 17.6 Å². The Bertz CT molecular complexity index is 1020. The molecule has 5 nitrogen and oxygen atoms in total. The van der Waals surface area contributed by atoms with E-state index in [1.165, 1.54) is 0 Å². The van der Waals surface area contributed by atoms with Crippen molar-refractivity contribution in [3.63, 3.8) is 0 Å². The molecule has 1 aliphatic heterocycles. The number of piperidine rings is 1. The first-order chi connectivity index (χ1) is 14.5. The first kappa shape index (κ1) is 20.6. The third-order valence-electron chi connectivity index (χ3n) is 5.93. The van der Waals surface area contributed by atoms with Crippen molar-refractivity contribution in [3.05, 3.63) is 81.5 Å². The number of hydrogen-bond acceptors (Lipinski definition) is 4. The van der Waals surface area contributed by atoms with Crippen molar-refractivity contribution in [2.45, 2.75) is 45.4 Å². The fraction of sp³-hybridized carbons (Fsp3) is 0.375. The lowest BCUT2D eigenvalue weighted by molar-refractivity contribution is -0.131. The lowest BCUT2D eigenvalue weighted by Gasteiger charge is -2.32. The van der Waals surface area contributed by atoms with Gasteiger partial charge in [-0.1, -0.05) is 41.0 Å². The van der Waals surface area contributed by atoms with Crippen molar-refractivity contribution in [3.8, 4) is 0 Å². The number of amides is 1. The summed E-state index contributed by atoms with van der Waals surface area (Å²) in [4.78, 5) is 19.6. The Labute approximate surface area is 182 Å². The summed E-state index contributed by atoms with van der Waals surface area (Å²) >= 11 is 6.30. The minimum absolute atomic E-state index is 0.142. The molecular formula is C24H26ClN3O2. The Hall–Kier alpha value is -2.66. The van der Waals surface area contributed by atoms with Gasteiger partial charge in [-0.25, -0.2) is 0 Å². The topological polar surface area (TPSA) is 59.2 Å². The first-order valence-electron chi connectivity index (χ1n) is 10.4. The largest absolute Gasteiger partial charge is 0.361 e. The molecule has 6 heteroatoms. The van der Waals surface area contributed by atoms with E-state index in [2.05, 4.69) is 23.4 Å². The Kier molecular flexibility index (Phi) is 6.18. The van der Waals surface area contributed by atoms with Crippen LogP contribution in [0.1, 0.15) is 52.7 Å². The molecule has 0 radical (unpaired) electrons. The highest BCUT2D eigenvalue weighted by molar-refractivity contribution is 6.31. The molecule has 1 fully saturated rings. The van der Waals surface area contributed by atoms with Crippen LogP contribution < -0.4 is 0 Å². The van der Waals surface area contributed by atoms with E-state index in [1.807, 2.05) is 43.0 Å². The monoisotopic (exact) mass is 423 g/mol. The normalized spacial score (nSPS) is 14.8. The maximum Gasteiger partial charge on any atom is 0.227 e. The van der Waals surface area contributed by atoms with Crippen molar-refractivity contribution in [1.82, 2.24) is 15.0 Å². The second-order valence-electron chi connectivity index (χ2n) is 7.96. The van der Waals surface area contributed by atoms with E-state index in [0.717, 1.165) is 71.3 Å². The molecule has 4 rings (SSSR count). The number of aryl methyl sites for hydroxylation is 2. The summed E-state index contributed by atoms with van der Waals surface area (Å²) < 4.78 is 5.18. The number of rotatable bonds is 5. The SMILES string of the molecule is Cc1noc(C)c1CC(=O)N1CCC(c2cccc(Cc3ccccc3Cl)n2)CC1. The summed E-state index contributed by atoms with van der Waals surface area (Å²) in [6.45, 7) is 5.25. The van der Waals surface area contributed by atoms with Crippen LogP contribution in [0.15, 0.2) is 47.0 Å². The quantitative estimate of drug-likeness (QED) is 0.586. The summed E-state index contributed by atoms with van der Waals surface area (Å²) in [7, 11) is 0. The van der Waals surface area contributed by atoms with Gasteiger partial charge in [0.15, 0.2) is 0 Å². The molecule has 0 bridgehead atoms. The molecule has 3 aromatic rings. The molecule has 0 N–H and O–H groups in total. The van der Waals surface area contributed by atoms with E-state index in [1.54, 1.807) is 0 Å². The van der Waals surface area contributed by atoms with Gasteiger partial charge in [-0.05, 0) is 50.5 Å². The Morgan fingerprint density at radius 3 is 2.60 bits per heavy atom. The molecular weight excluding hydrogens is 398 g/mol. The Morgan fingerprint density at radius 2 is 1.90 bits per heavy atom.